The van der Waals surface area contributed by atoms with E-state index in [1.54, 1.807) is 7.11 Å². The van der Waals surface area contributed by atoms with Gasteiger partial charge in [0.15, 0.2) is 0 Å². The van der Waals surface area contributed by atoms with Gasteiger partial charge in [0.1, 0.15) is 0 Å². The molecule has 0 amide bonds. The molecule has 1 saturated carbocycles. The highest BCUT2D eigenvalue weighted by Crippen LogP contribution is 2.41. The Bertz CT molecular complexity index is 451. The summed E-state index contributed by atoms with van der Waals surface area (Å²) in [6.07, 6.45) is 7.29. The molecule has 2 heterocycles. The summed E-state index contributed by atoms with van der Waals surface area (Å²) < 4.78 is 11.6. The second-order valence-corrected chi connectivity index (χ2v) is 5.94. The van der Waals surface area contributed by atoms with E-state index < -0.39 is 0 Å². The number of morpholine rings is 1. The topological polar surface area (TPSA) is 47.5 Å². The molecule has 20 heavy (non-hydrogen) atoms. The van der Waals surface area contributed by atoms with E-state index in [9.17, 15) is 0 Å². The number of aromatic nitrogens is 2. The van der Waals surface area contributed by atoms with E-state index in [2.05, 4.69) is 14.9 Å². The lowest BCUT2D eigenvalue weighted by Crippen LogP contribution is -2.55. The second kappa shape index (κ2) is 5.66. The summed E-state index contributed by atoms with van der Waals surface area (Å²) in [5, 5.41) is 0. The summed E-state index contributed by atoms with van der Waals surface area (Å²) in [7, 11) is 1.77. The first kappa shape index (κ1) is 13.8. The van der Waals surface area contributed by atoms with Crippen molar-refractivity contribution in [1.82, 2.24) is 9.97 Å². The van der Waals surface area contributed by atoms with Crippen molar-refractivity contribution in [2.45, 2.75) is 31.8 Å². The molecule has 2 aliphatic rings. The maximum atomic E-state index is 6.19. The Kier molecular flexibility index (Phi) is 3.89. The van der Waals surface area contributed by atoms with Crippen molar-refractivity contribution in [1.29, 1.82) is 0 Å². The molecule has 5 nitrogen and oxygen atoms in total. The van der Waals surface area contributed by atoms with Crippen molar-refractivity contribution >= 4 is 5.95 Å². The van der Waals surface area contributed by atoms with Crippen molar-refractivity contribution in [3.8, 4) is 0 Å². The average Bonchev–Trinajstić information content (AvgIpc) is 2.83. The Labute approximate surface area is 120 Å². The molecule has 1 aliphatic carbocycles. The van der Waals surface area contributed by atoms with Crippen LogP contribution in [-0.2, 0) is 9.47 Å². The van der Waals surface area contributed by atoms with Gasteiger partial charge in [0.25, 0.3) is 0 Å². The Balaban J connectivity index is 1.77. The Morgan fingerprint density at radius 3 is 3.00 bits per heavy atom. The molecule has 0 aromatic carbocycles. The summed E-state index contributed by atoms with van der Waals surface area (Å²) in [5.74, 6) is 1.31. The SMILES string of the molecule is COC[C@H]1CCC[C@@]12CN(c1ncc(C)cn1)CCO2. The molecule has 0 unspecified atom stereocenters. The summed E-state index contributed by atoms with van der Waals surface area (Å²) in [5.41, 5.74) is 1.03. The number of hydrogen-bond donors (Lipinski definition) is 0. The molecule has 1 spiro atoms. The van der Waals surface area contributed by atoms with Gasteiger partial charge in [0, 0.05) is 32.0 Å². The normalized spacial score (nSPS) is 30.1. The lowest BCUT2D eigenvalue weighted by molar-refractivity contribution is -0.0954. The van der Waals surface area contributed by atoms with Crippen molar-refractivity contribution in [3.05, 3.63) is 18.0 Å². The predicted molar refractivity (Wildman–Crippen MR) is 76.9 cm³/mol. The molecule has 1 aliphatic heterocycles. The Morgan fingerprint density at radius 1 is 1.45 bits per heavy atom. The smallest absolute Gasteiger partial charge is 0.225 e. The van der Waals surface area contributed by atoms with Gasteiger partial charge in [-0.15, -0.1) is 0 Å². The monoisotopic (exact) mass is 277 g/mol. The van der Waals surface area contributed by atoms with Crippen LogP contribution in [0.3, 0.4) is 0 Å². The fraction of sp³-hybridized carbons (Fsp3) is 0.733. The number of methoxy groups -OCH3 is 1. The minimum Gasteiger partial charge on any atom is -0.384 e. The average molecular weight is 277 g/mol. The zero-order valence-electron chi connectivity index (χ0n) is 12.3. The number of ether oxygens (including phenoxy) is 2. The number of aryl methyl sites for hydroxylation is 1. The minimum absolute atomic E-state index is 0.0670. The fourth-order valence-electron chi connectivity index (χ4n) is 3.48. The van der Waals surface area contributed by atoms with E-state index >= 15 is 0 Å². The Hall–Kier alpha value is -1.20. The van der Waals surface area contributed by atoms with Crippen molar-refractivity contribution in [3.63, 3.8) is 0 Å². The fourth-order valence-corrected chi connectivity index (χ4v) is 3.48. The van der Waals surface area contributed by atoms with E-state index in [0.29, 0.717) is 5.92 Å². The van der Waals surface area contributed by atoms with Crippen LogP contribution in [0.1, 0.15) is 24.8 Å². The maximum Gasteiger partial charge on any atom is 0.225 e. The first-order valence-electron chi connectivity index (χ1n) is 7.40. The molecule has 0 radical (unpaired) electrons. The molecule has 1 saturated heterocycles. The third-order valence-corrected chi connectivity index (χ3v) is 4.52. The quantitative estimate of drug-likeness (QED) is 0.843. The van der Waals surface area contributed by atoms with E-state index in [-0.39, 0.29) is 5.60 Å². The minimum atomic E-state index is -0.0670. The van der Waals surface area contributed by atoms with Gasteiger partial charge in [-0.3, -0.25) is 0 Å². The van der Waals surface area contributed by atoms with Crippen LogP contribution in [0.4, 0.5) is 5.95 Å². The lowest BCUT2D eigenvalue weighted by Gasteiger charge is -2.44. The van der Waals surface area contributed by atoms with Gasteiger partial charge in [0.2, 0.25) is 5.95 Å². The van der Waals surface area contributed by atoms with Gasteiger partial charge in [-0.05, 0) is 25.3 Å². The van der Waals surface area contributed by atoms with Crippen LogP contribution in [0.15, 0.2) is 12.4 Å². The van der Waals surface area contributed by atoms with Crippen LogP contribution in [0.25, 0.3) is 0 Å². The molecular formula is C15H23N3O2. The molecule has 2 atom stereocenters. The van der Waals surface area contributed by atoms with Crippen molar-refractivity contribution in [2.75, 3.05) is 38.3 Å². The molecule has 0 bridgehead atoms. The largest absolute Gasteiger partial charge is 0.384 e. The Morgan fingerprint density at radius 2 is 2.25 bits per heavy atom. The van der Waals surface area contributed by atoms with Crippen LogP contribution < -0.4 is 4.90 Å². The van der Waals surface area contributed by atoms with Crippen LogP contribution >= 0.6 is 0 Å². The van der Waals surface area contributed by atoms with Crippen LogP contribution in [0.2, 0.25) is 0 Å². The molecule has 3 rings (SSSR count). The van der Waals surface area contributed by atoms with Crippen LogP contribution in [0, 0.1) is 12.8 Å². The number of rotatable bonds is 3. The first-order chi connectivity index (χ1) is 9.73. The van der Waals surface area contributed by atoms with E-state index in [1.165, 1.54) is 12.8 Å². The van der Waals surface area contributed by atoms with Crippen LogP contribution in [-0.4, -0.2) is 49.0 Å². The molecule has 1 aromatic rings. The van der Waals surface area contributed by atoms with Crippen molar-refractivity contribution < 1.29 is 9.47 Å². The van der Waals surface area contributed by atoms with Crippen LogP contribution in [0.5, 0.6) is 0 Å². The van der Waals surface area contributed by atoms with Crippen molar-refractivity contribution in [2.24, 2.45) is 5.92 Å². The first-order valence-corrected chi connectivity index (χ1v) is 7.40. The van der Waals surface area contributed by atoms with Gasteiger partial charge in [-0.1, -0.05) is 6.42 Å². The third kappa shape index (κ3) is 2.52. The summed E-state index contributed by atoms with van der Waals surface area (Å²) in [6.45, 7) is 5.28. The second-order valence-electron chi connectivity index (χ2n) is 5.94. The third-order valence-electron chi connectivity index (χ3n) is 4.52. The highest BCUT2D eigenvalue weighted by molar-refractivity contribution is 5.32. The van der Waals surface area contributed by atoms with Gasteiger partial charge in [-0.2, -0.15) is 0 Å². The zero-order valence-corrected chi connectivity index (χ0v) is 12.3. The maximum absolute atomic E-state index is 6.19. The molecular weight excluding hydrogens is 254 g/mol. The number of anilines is 1. The standard InChI is InChI=1S/C15H23N3O2/c1-12-8-16-14(17-9-12)18-6-7-20-15(11-18)5-3-4-13(15)10-19-2/h8-9,13H,3-7,10-11H2,1-2H3/t13-,15-/m1/s1. The van der Waals surface area contributed by atoms with E-state index in [0.717, 1.165) is 44.2 Å². The number of hydrogen-bond acceptors (Lipinski definition) is 5. The van der Waals surface area contributed by atoms with Gasteiger partial charge >= 0.3 is 0 Å². The van der Waals surface area contributed by atoms with Gasteiger partial charge in [0.05, 0.1) is 25.4 Å². The molecule has 110 valence electrons. The molecule has 0 N–H and O–H groups in total. The summed E-state index contributed by atoms with van der Waals surface area (Å²) in [6, 6.07) is 0. The summed E-state index contributed by atoms with van der Waals surface area (Å²) in [4.78, 5) is 11.2. The van der Waals surface area contributed by atoms with Gasteiger partial charge in [-0.25, -0.2) is 9.97 Å². The van der Waals surface area contributed by atoms with E-state index in [1.807, 2.05) is 19.3 Å². The molecule has 2 fully saturated rings. The van der Waals surface area contributed by atoms with E-state index in [4.69, 9.17) is 9.47 Å². The van der Waals surface area contributed by atoms with Gasteiger partial charge < -0.3 is 14.4 Å². The molecule has 5 heteroatoms. The highest BCUT2D eigenvalue weighted by Gasteiger charge is 2.47. The lowest BCUT2D eigenvalue weighted by atomic mass is 9.89. The summed E-state index contributed by atoms with van der Waals surface area (Å²) >= 11 is 0. The molecule has 1 aromatic heterocycles. The predicted octanol–water partition coefficient (Wildman–Crippen LogP) is 1.81. The number of nitrogens with zero attached hydrogens (tertiary/aromatic N) is 3. The zero-order chi connectivity index (χ0) is 14.0. The highest BCUT2D eigenvalue weighted by atomic mass is 16.5.